The molecule has 31 heavy (non-hydrogen) atoms. The molecule has 0 spiro atoms. The topological polar surface area (TPSA) is 84.0 Å². The average molecular weight is 422 g/mol. The van der Waals surface area contributed by atoms with Crippen LogP contribution in [0.2, 0.25) is 0 Å². The highest BCUT2D eigenvalue weighted by molar-refractivity contribution is 6.21. The first-order valence-electron chi connectivity index (χ1n) is 10.2. The molecular weight excluding hydrogens is 396 g/mol. The van der Waals surface area contributed by atoms with Gasteiger partial charge in [-0.2, -0.15) is 0 Å². The summed E-state index contributed by atoms with van der Waals surface area (Å²) in [7, 11) is 1.32. The van der Waals surface area contributed by atoms with Crippen LogP contribution in [0.5, 0.6) is 0 Å². The number of fused-ring (bicyclic) bond motifs is 1. The van der Waals surface area contributed by atoms with Crippen LogP contribution in [0.4, 0.5) is 0 Å². The molecule has 0 atom stereocenters. The minimum Gasteiger partial charge on any atom is -0.469 e. The number of nitrogens with zero attached hydrogens (tertiary/aromatic N) is 2. The molecule has 0 unspecified atom stereocenters. The maximum absolute atomic E-state index is 12.9. The highest BCUT2D eigenvalue weighted by Crippen LogP contribution is 2.24. The van der Waals surface area contributed by atoms with Gasteiger partial charge in [0.1, 0.15) is 0 Å². The van der Waals surface area contributed by atoms with Crippen molar-refractivity contribution in [1.82, 2.24) is 9.80 Å². The van der Waals surface area contributed by atoms with Crippen LogP contribution in [0.25, 0.3) is 0 Å². The zero-order valence-electron chi connectivity index (χ0n) is 18.0. The van der Waals surface area contributed by atoms with Gasteiger partial charge in [-0.25, -0.2) is 0 Å². The van der Waals surface area contributed by atoms with Gasteiger partial charge < -0.3 is 9.64 Å². The molecule has 1 aliphatic heterocycles. The number of methoxy groups -OCH3 is 1. The lowest BCUT2D eigenvalue weighted by atomic mass is 10.1. The molecular formula is C24H26N2O5. The highest BCUT2D eigenvalue weighted by Gasteiger charge is 2.34. The number of benzene rings is 2. The first-order chi connectivity index (χ1) is 14.8. The Morgan fingerprint density at radius 3 is 2.06 bits per heavy atom. The van der Waals surface area contributed by atoms with Gasteiger partial charge in [-0.15, -0.1) is 0 Å². The molecule has 3 amide bonds. The van der Waals surface area contributed by atoms with E-state index in [4.69, 9.17) is 0 Å². The molecule has 0 bridgehead atoms. The number of ether oxygens (including phenoxy) is 1. The lowest BCUT2D eigenvalue weighted by Gasteiger charge is -2.24. The van der Waals surface area contributed by atoms with E-state index >= 15 is 0 Å². The number of esters is 1. The van der Waals surface area contributed by atoms with Crippen molar-refractivity contribution in [3.63, 3.8) is 0 Å². The molecule has 0 saturated carbocycles. The van der Waals surface area contributed by atoms with Crippen molar-refractivity contribution in [2.24, 2.45) is 5.92 Å². The molecule has 1 aliphatic rings. The molecule has 1 heterocycles. The molecule has 0 saturated heterocycles. The summed E-state index contributed by atoms with van der Waals surface area (Å²) < 4.78 is 4.67. The number of imide groups is 1. The minimum atomic E-state index is -0.363. The van der Waals surface area contributed by atoms with Gasteiger partial charge in [0.25, 0.3) is 17.7 Å². The van der Waals surface area contributed by atoms with Gasteiger partial charge in [0.05, 0.1) is 31.2 Å². The summed E-state index contributed by atoms with van der Waals surface area (Å²) in [6.45, 7) is 4.94. The van der Waals surface area contributed by atoms with Crippen molar-refractivity contribution in [3.05, 3.63) is 70.8 Å². The molecule has 162 valence electrons. The van der Waals surface area contributed by atoms with E-state index in [0.29, 0.717) is 23.2 Å². The number of carbonyl (C=O) groups is 4. The summed E-state index contributed by atoms with van der Waals surface area (Å²) in [5.41, 5.74) is 2.05. The second kappa shape index (κ2) is 9.55. The van der Waals surface area contributed by atoms with Crippen molar-refractivity contribution in [3.8, 4) is 0 Å². The molecule has 0 N–H and O–H groups in total. The molecule has 0 aromatic heterocycles. The minimum absolute atomic E-state index is 0.132. The van der Waals surface area contributed by atoms with Crippen LogP contribution in [0.1, 0.15) is 56.9 Å². The number of rotatable bonds is 8. The predicted molar refractivity (Wildman–Crippen MR) is 114 cm³/mol. The van der Waals surface area contributed by atoms with Crippen molar-refractivity contribution >= 4 is 23.7 Å². The summed E-state index contributed by atoms with van der Waals surface area (Å²) in [5, 5.41) is 0. The van der Waals surface area contributed by atoms with E-state index in [1.165, 1.54) is 12.0 Å². The second-order valence-corrected chi connectivity index (χ2v) is 7.91. The van der Waals surface area contributed by atoms with Crippen LogP contribution >= 0.6 is 0 Å². The maximum atomic E-state index is 12.9. The zero-order chi connectivity index (χ0) is 22.5. The fourth-order valence-electron chi connectivity index (χ4n) is 3.55. The Morgan fingerprint density at radius 2 is 1.55 bits per heavy atom. The molecule has 0 radical (unpaired) electrons. The monoisotopic (exact) mass is 422 g/mol. The average Bonchev–Trinajstić information content (AvgIpc) is 3.01. The van der Waals surface area contributed by atoms with Crippen molar-refractivity contribution in [2.45, 2.75) is 26.8 Å². The Balaban J connectivity index is 1.70. The molecule has 2 aromatic carbocycles. The van der Waals surface area contributed by atoms with Crippen LogP contribution in [-0.2, 0) is 16.1 Å². The Bertz CT molecular complexity index is 962. The Kier molecular flexibility index (Phi) is 6.84. The number of hydrogen-bond acceptors (Lipinski definition) is 5. The Labute approximate surface area is 181 Å². The van der Waals surface area contributed by atoms with Gasteiger partial charge in [-0.3, -0.25) is 24.1 Å². The second-order valence-electron chi connectivity index (χ2n) is 7.91. The van der Waals surface area contributed by atoms with Gasteiger partial charge in [0.2, 0.25) is 0 Å². The van der Waals surface area contributed by atoms with Gasteiger partial charge in [-0.1, -0.05) is 38.1 Å². The summed E-state index contributed by atoms with van der Waals surface area (Å²) >= 11 is 0. The standard InChI is InChI=1S/C24H26N2O5/c1-16(2)14-25(13-12-21(27)31-3)22(28)18-10-8-17(9-11-18)15-26-23(29)19-6-4-5-7-20(19)24(26)30/h4-11,16H,12-15H2,1-3H3. The summed E-state index contributed by atoms with van der Waals surface area (Å²) in [6, 6.07) is 13.6. The van der Waals surface area contributed by atoms with Crippen LogP contribution in [0.3, 0.4) is 0 Å². The molecule has 0 fully saturated rings. The quantitative estimate of drug-likeness (QED) is 0.482. The van der Waals surface area contributed by atoms with Crippen LogP contribution in [0, 0.1) is 5.92 Å². The Morgan fingerprint density at radius 1 is 0.968 bits per heavy atom. The smallest absolute Gasteiger partial charge is 0.307 e. The summed E-state index contributed by atoms with van der Waals surface area (Å²) in [6.07, 6.45) is 0.132. The van der Waals surface area contributed by atoms with E-state index in [1.807, 2.05) is 13.8 Å². The predicted octanol–water partition coefficient (Wildman–Crippen LogP) is 3.14. The van der Waals surface area contributed by atoms with E-state index in [9.17, 15) is 19.2 Å². The van der Waals surface area contributed by atoms with Crippen LogP contribution < -0.4 is 0 Å². The molecule has 0 aliphatic carbocycles. The summed E-state index contributed by atoms with van der Waals surface area (Å²) in [5.74, 6) is -0.921. The highest BCUT2D eigenvalue weighted by atomic mass is 16.5. The maximum Gasteiger partial charge on any atom is 0.307 e. The van der Waals surface area contributed by atoms with E-state index in [2.05, 4.69) is 4.74 Å². The van der Waals surface area contributed by atoms with Crippen molar-refractivity contribution < 1.29 is 23.9 Å². The van der Waals surface area contributed by atoms with E-state index in [-0.39, 0.29) is 49.1 Å². The number of amides is 3. The fourth-order valence-corrected chi connectivity index (χ4v) is 3.55. The van der Waals surface area contributed by atoms with E-state index in [0.717, 1.165) is 5.56 Å². The molecule has 7 nitrogen and oxygen atoms in total. The van der Waals surface area contributed by atoms with Gasteiger partial charge in [0.15, 0.2) is 0 Å². The Hall–Kier alpha value is -3.48. The number of carbonyl (C=O) groups excluding carboxylic acids is 4. The lowest BCUT2D eigenvalue weighted by molar-refractivity contribution is -0.140. The fraction of sp³-hybridized carbons (Fsp3) is 0.333. The van der Waals surface area contributed by atoms with Crippen molar-refractivity contribution in [1.29, 1.82) is 0 Å². The first-order valence-corrected chi connectivity index (χ1v) is 10.2. The van der Waals surface area contributed by atoms with Gasteiger partial charge >= 0.3 is 5.97 Å². The van der Waals surface area contributed by atoms with Gasteiger partial charge in [-0.05, 0) is 35.7 Å². The van der Waals surface area contributed by atoms with E-state index in [1.54, 1.807) is 53.4 Å². The first kappa shape index (κ1) is 22.2. The normalized spacial score (nSPS) is 12.8. The lowest BCUT2D eigenvalue weighted by Crippen LogP contribution is -2.36. The SMILES string of the molecule is COC(=O)CCN(CC(C)C)C(=O)c1ccc(CN2C(=O)c3ccccc3C2=O)cc1. The molecule has 3 rings (SSSR count). The third-order valence-electron chi connectivity index (χ3n) is 5.11. The van der Waals surface area contributed by atoms with Crippen LogP contribution in [-0.4, -0.2) is 53.7 Å². The molecule has 2 aromatic rings. The van der Waals surface area contributed by atoms with Crippen molar-refractivity contribution in [2.75, 3.05) is 20.2 Å². The van der Waals surface area contributed by atoms with E-state index < -0.39 is 0 Å². The van der Waals surface area contributed by atoms with Gasteiger partial charge in [0, 0.05) is 18.7 Å². The molecule has 7 heteroatoms. The number of hydrogen-bond donors (Lipinski definition) is 0. The third-order valence-corrected chi connectivity index (χ3v) is 5.11. The van der Waals surface area contributed by atoms with Crippen LogP contribution in [0.15, 0.2) is 48.5 Å². The zero-order valence-corrected chi connectivity index (χ0v) is 18.0. The summed E-state index contributed by atoms with van der Waals surface area (Å²) in [4.78, 5) is 52.4. The third kappa shape index (κ3) is 4.99. The largest absolute Gasteiger partial charge is 0.469 e.